The summed E-state index contributed by atoms with van der Waals surface area (Å²) in [6, 6.07) is 17.6. The summed E-state index contributed by atoms with van der Waals surface area (Å²) in [5.74, 6) is -0.904. The van der Waals surface area contributed by atoms with Crippen LogP contribution in [0.5, 0.6) is 5.75 Å². The fourth-order valence-corrected chi connectivity index (χ4v) is 5.58. The summed E-state index contributed by atoms with van der Waals surface area (Å²) >= 11 is 0. The summed E-state index contributed by atoms with van der Waals surface area (Å²) in [5.41, 5.74) is 17.3. The van der Waals surface area contributed by atoms with E-state index in [0.717, 1.165) is 34.2 Å². The Bertz CT molecular complexity index is 1390. The minimum Gasteiger partial charge on any atom is -0.508 e. The standard InChI is InChI=1S/C33H41N5O4/c1-21-16-26(39)17-22(2)27(21)19-28(35)33(42)38-20-24-11-7-6-10-23(24)18-30(38)32(41)37-29(14-8-9-15-34)31(40)36-25-12-4-3-5-13-25/h3-7,10-13,16-17,28-30,39H,8-9,14-15,18-20,34-35H2,1-2H3,(H,36,40)(H,37,41)/t28-,29-,30-/m0/s1. The Morgan fingerprint density at radius 3 is 2.29 bits per heavy atom. The van der Waals surface area contributed by atoms with E-state index in [1.165, 1.54) is 0 Å². The van der Waals surface area contributed by atoms with Crippen molar-refractivity contribution in [3.05, 3.63) is 94.5 Å². The zero-order valence-corrected chi connectivity index (χ0v) is 24.3. The predicted molar refractivity (Wildman–Crippen MR) is 164 cm³/mol. The highest BCUT2D eigenvalue weighted by atomic mass is 16.3. The quantitative estimate of drug-likeness (QED) is 0.223. The van der Waals surface area contributed by atoms with Crippen LogP contribution in [0.4, 0.5) is 5.69 Å². The highest BCUT2D eigenvalue weighted by molar-refractivity contribution is 5.98. The number of aromatic hydroxyl groups is 1. The van der Waals surface area contributed by atoms with Crippen molar-refractivity contribution < 1.29 is 19.5 Å². The van der Waals surface area contributed by atoms with E-state index >= 15 is 0 Å². The average Bonchev–Trinajstić information content (AvgIpc) is 2.97. The van der Waals surface area contributed by atoms with Crippen molar-refractivity contribution in [3.8, 4) is 5.75 Å². The Morgan fingerprint density at radius 2 is 1.62 bits per heavy atom. The number of para-hydroxylation sites is 1. The second-order valence-corrected chi connectivity index (χ2v) is 11.0. The Kier molecular flexibility index (Phi) is 10.3. The largest absolute Gasteiger partial charge is 0.508 e. The van der Waals surface area contributed by atoms with Gasteiger partial charge in [0, 0.05) is 18.7 Å². The third kappa shape index (κ3) is 7.54. The molecule has 9 heteroatoms. The van der Waals surface area contributed by atoms with E-state index in [1.807, 2.05) is 56.3 Å². The van der Waals surface area contributed by atoms with Gasteiger partial charge in [-0.3, -0.25) is 14.4 Å². The van der Waals surface area contributed by atoms with Crippen LogP contribution in [0.1, 0.15) is 47.1 Å². The number of amides is 3. The summed E-state index contributed by atoms with van der Waals surface area (Å²) in [6.07, 6.45) is 2.38. The van der Waals surface area contributed by atoms with Gasteiger partial charge in [-0.2, -0.15) is 0 Å². The van der Waals surface area contributed by atoms with Crippen molar-refractivity contribution in [2.45, 2.75) is 70.6 Å². The minimum absolute atomic E-state index is 0.162. The Morgan fingerprint density at radius 1 is 0.976 bits per heavy atom. The second kappa shape index (κ2) is 14.1. The number of hydrogen-bond acceptors (Lipinski definition) is 6. The van der Waals surface area contributed by atoms with Gasteiger partial charge in [-0.1, -0.05) is 42.5 Å². The predicted octanol–water partition coefficient (Wildman–Crippen LogP) is 3.08. The molecule has 0 aromatic heterocycles. The van der Waals surface area contributed by atoms with Crippen LogP contribution in [0.25, 0.3) is 0 Å². The number of phenolic OH excluding ortho intramolecular Hbond substituents is 1. The highest BCUT2D eigenvalue weighted by Gasteiger charge is 2.38. The number of rotatable bonds is 11. The van der Waals surface area contributed by atoms with Crippen LogP contribution in [0.3, 0.4) is 0 Å². The number of carbonyl (C=O) groups excluding carboxylic acids is 3. The number of aryl methyl sites for hydroxylation is 2. The normalized spacial score (nSPS) is 15.8. The van der Waals surface area contributed by atoms with Crippen molar-refractivity contribution in [2.24, 2.45) is 11.5 Å². The van der Waals surface area contributed by atoms with E-state index in [4.69, 9.17) is 11.5 Å². The molecule has 4 rings (SSSR count). The third-order valence-electron chi connectivity index (χ3n) is 7.88. The molecule has 0 saturated heterocycles. The van der Waals surface area contributed by atoms with Gasteiger partial charge >= 0.3 is 0 Å². The molecule has 0 bridgehead atoms. The molecule has 1 aliphatic heterocycles. The molecule has 222 valence electrons. The van der Waals surface area contributed by atoms with Crippen LogP contribution < -0.4 is 22.1 Å². The van der Waals surface area contributed by atoms with Gasteiger partial charge in [0.15, 0.2) is 0 Å². The molecule has 0 unspecified atom stereocenters. The summed E-state index contributed by atoms with van der Waals surface area (Å²) in [5, 5.41) is 15.8. The molecule has 7 N–H and O–H groups in total. The number of nitrogens with zero attached hydrogens (tertiary/aromatic N) is 1. The number of phenols is 1. The topological polar surface area (TPSA) is 151 Å². The van der Waals surface area contributed by atoms with Gasteiger partial charge in [-0.15, -0.1) is 0 Å². The van der Waals surface area contributed by atoms with Crippen LogP contribution in [0.2, 0.25) is 0 Å². The third-order valence-corrected chi connectivity index (χ3v) is 7.88. The first-order chi connectivity index (χ1) is 20.2. The smallest absolute Gasteiger partial charge is 0.246 e. The summed E-state index contributed by atoms with van der Waals surface area (Å²) in [6.45, 7) is 4.47. The lowest BCUT2D eigenvalue weighted by Gasteiger charge is -2.38. The maximum absolute atomic E-state index is 13.9. The lowest BCUT2D eigenvalue weighted by atomic mass is 9.91. The first kappa shape index (κ1) is 30.7. The minimum atomic E-state index is -0.894. The van der Waals surface area contributed by atoms with Crippen LogP contribution in [0, 0.1) is 13.8 Å². The van der Waals surface area contributed by atoms with Crippen molar-refractivity contribution >= 4 is 23.4 Å². The SMILES string of the molecule is Cc1cc(O)cc(C)c1C[C@H](N)C(=O)N1Cc2ccccc2C[C@H]1C(=O)N[C@@H](CCCCN)C(=O)Nc1ccccc1. The highest BCUT2D eigenvalue weighted by Crippen LogP contribution is 2.26. The van der Waals surface area contributed by atoms with Gasteiger partial charge in [-0.25, -0.2) is 0 Å². The number of hydrogen-bond donors (Lipinski definition) is 5. The second-order valence-electron chi connectivity index (χ2n) is 11.0. The lowest BCUT2D eigenvalue weighted by molar-refractivity contribution is -0.143. The molecule has 0 saturated carbocycles. The maximum atomic E-state index is 13.9. The lowest BCUT2D eigenvalue weighted by Crippen LogP contribution is -2.58. The maximum Gasteiger partial charge on any atom is 0.246 e. The van der Waals surface area contributed by atoms with E-state index in [2.05, 4.69) is 10.6 Å². The molecule has 3 aromatic carbocycles. The first-order valence-electron chi connectivity index (χ1n) is 14.5. The summed E-state index contributed by atoms with van der Waals surface area (Å²) in [4.78, 5) is 42.5. The number of fused-ring (bicyclic) bond motifs is 1. The molecule has 1 heterocycles. The Hall–Kier alpha value is -4.21. The molecular weight excluding hydrogens is 530 g/mol. The van der Waals surface area contributed by atoms with Gasteiger partial charge in [0.05, 0.1) is 6.04 Å². The van der Waals surface area contributed by atoms with Gasteiger partial charge in [-0.05, 0) is 98.2 Å². The van der Waals surface area contributed by atoms with Crippen LogP contribution in [-0.2, 0) is 33.8 Å². The molecule has 42 heavy (non-hydrogen) atoms. The average molecular weight is 572 g/mol. The molecule has 9 nitrogen and oxygen atoms in total. The fourth-order valence-electron chi connectivity index (χ4n) is 5.58. The molecule has 1 aliphatic rings. The molecular formula is C33H41N5O4. The van der Waals surface area contributed by atoms with E-state index in [9.17, 15) is 19.5 Å². The van der Waals surface area contributed by atoms with E-state index < -0.39 is 24.0 Å². The monoisotopic (exact) mass is 571 g/mol. The van der Waals surface area contributed by atoms with Crippen LogP contribution in [0.15, 0.2) is 66.7 Å². The number of carbonyl (C=O) groups is 3. The van der Waals surface area contributed by atoms with E-state index in [-0.39, 0.29) is 30.5 Å². The fraction of sp³-hybridized carbons (Fsp3) is 0.364. The molecule has 0 aliphatic carbocycles. The van der Waals surface area contributed by atoms with Crippen molar-refractivity contribution in [1.82, 2.24) is 10.2 Å². The van der Waals surface area contributed by atoms with Gasteiger partial charge in [0.1, 0.15) is 17.8 Å². The van der Waals surface area contributed by atoms with Crippen LogP contribution in [-0.4, -0.2) is 52.4 Å². The summed E-state index contributed by atoms with van der Waals surface area (Å²) < 4.78 is 0. The summed E-state index contributed by atoms with van der Waals surface area (Å²) in [7, 11) is 0. The molecule has 3 atom stereocenters. The number of unbranched alkanes of at least 4 members (excludes halogenated alkanes) is 1. The Labute approximate surface area is 247 Å². The zero-order chi connectivity index (χ0) is 30.2. The molecule has 3 amide bonds. The zero-order valence-electron chi connectivity index (χ0n) is 24.3. The van der Waals surface area contributed by atoms with Gasteiger partial charge < -0.3 is 32.1 Å². The van der Waals surface area contributed by atoms with E-state index in [0.29, 0.717) is 31.5 Å². The van der Waals surface area contributed by atoms with Gasteiger partial charge in [0.25, 0.3) is 0 Å². The number of nitrogens with two attached hydrogens (primary N) is 2. The van der Waals surface area contributed by atoms with Crippen molar-refractivity contribution in [1.29, 1.82) is 0 Å². The van der Waals surface area contributed by atoms with E-state index in [1.54, 1.807) is 29.2 Å². The molecule has 0 spiro atoms. The molecule has 0 radical (unpaired) electrons. The van der Waals surface area contributed by atoms with Crippen molar-refractivity contribution in [2.75, 3.05) is 11.9 Å². The van der Waals surface area contributed by atoms with Crippen molar-refractivity contribution in [3.63, 3.8) is 0 Å². The number of benzene rings is 3. The molecule has 0 fully saturated rings. The number of nitrogens with one attached hydrogen (secondary N) is 2. The molecule has 3 aromatic rings. The van der Waals surface area contributed by atoms with Crippen LogP contribution >= 0.6 is 0 Å². The Balaban J connectivity index is 1.56. The first-order valence-corrected chi connectivity index (χ1v) is 14.5. The van der Waals surface area contributed by atoms with Gasteiger partial charge in [0.2, 0.25) is 17.7 Å². The number of anilines is 1.